The highest BCUT2D eigenvalue weighted by atomic mass is 16.5. The highest BCUT2D eigenvalue weighted by Crippen LogP contribution is 2.26. The normalized spacial score (nSPS) is 13.4. The Bertz CT molecular complexity index is 1180. The Kier molecular flexibility index (Phi) is 4.56. The summed E-state index contributed by atoms with van der Waals surface area (Å²) in [5, 5.41) is 6.37. The lowest BCUT2D eigenvalue weighted by atomic mass is 9.99. The number of hydrogen-bond acceptors (Lipinski definition) is 4. The van der Waals surface area contributed by atoms with Crippen LogP contribution in [0.15, 0.2) is 71.3 Å². The summed E-state index contributed by atoms with van der Waals surface area (Å²) in [6.07, 6.45) is 1.74. The summed E-state index contributed by atoms with van der Waals surface area (Å²) in [5.74, 6) is 1.19. The number of fused-ring (bicyclic) bond motifs is 2. The van der Waals surface area contributed by atoms with E-state index < -0.39 is 0 Å². The maximum absolute atomic E-state index is 12.7. The molecule has 0 bridgehead atoms. The summed E-state index contributed by atoms with van der Waals surface area (Å²) in [5.41, 5.74) is 3.52. The van der Waals surface area contributed by atoms with Gasteiger partial charge in [-0.15, -0.1) is 0 Å². The van der Waals surface area contributed by atoms with Crippen LogP contribution in [-0.2, 0) is 24.2 Å². The van der Waals surface area contributed by atoms with Gasteiger partial charge in [-0.25, -0.2) is 0 Å². The Balaban J connectivity index is 1.27. The molecule has 0 saturated heterocycles. The molecule has 5 nitrogen and oxygen atoms in total. The molecule has 0 unspecified atom stereocenters. The largest absolute Gasteiger partial charge is 0.339 e. The first-order chi connectivity index (χ1) is 14.3. The monoisotopic (exact) mass is 383 g/mol. The zero-order valence-corrected chi connectivity index (χ0v) is 16.0. The molecule has 4 aromatic rings. The number of rotatable bonds is 4. The summed E-state index contributed by atoms with van der Waals surface area (Å²) >= 11 is 0. The van der Waals surface area contributed by atoms with Crippen LogP contribution < -0.4 is 0 Å². The number of nitrogens with zero attached hydrogens (tertiary/aromatic N) is 3. The van der Waals surface area contributed by atoms with Crippen LogP contribution in [0.4, 0.5) is 0 Å². The van der Waals surface area contributed by atoms with Gasteiger partial charge in [0.2, 0.25) is 17.6 Å². The Morgan fingerprint density at radius 2 is 1.76 bits per heavy atom. The number of benzene rings is 3. The first kappa shape index (κ1) is 17.6. The molecule has 1 aliphatic heterocycles. The lowest BCUT2D eigenvalue weighted by Gasteiger charge is -2.28. The Hall–Kier alpha value is -3.47. The molecule has 1 amide bonds. The first-order valence-corrected chi connectivity index (χ1v) is 9.93. The summed E-state index contributed by atoms with van der Waals surface area (Å²) in [7, 11) is 0. The molecule has 5 heteroatoms. The number of carbonyl (C=O) groups is 1. The van der Waals surface area contributed by atoms with Gasteiger partial charge < -0.3 is 9.42 Å². The van der Waals surface area contributed by atoms with Gasteiger partial charge in [0.1, 0.15) is 0 Å². The van der Waals surface area contributed by atoms with Gasteiger partial charge in [0, 0.05) is 31.5 Å². The predicted molar refractivity (Wildman–Crippen MR) is 111 cm³/mol. The zero-order valence-electron chi connectivity index (χ0n) is 16.0. The molecular formula is C24H21N3O2. The highest BCUT2D eigenvalue weighted by Gasteiger charge is 2.21. The van der Waals surface area contributed by atoms with E-state index in [1.165, 1.54) is 11.1 Å². The molecule has 2 heterocycles. The second-order valence-corrected chi connectivity index (χ2v) is 7.37. The van der Waals surface area contributed by atoms with E-state index in [1.54, 1.807) is 0 Å². The third kappa shape index (κ3) is 3.51. The molecule has 0 spiro atoms. The standard InChI is InChI=1S/C24H21N3O2/c28-23(27-15-14-17-6-1-2-8-19(17)16-27)13-12-22-25-24(26-29-22)21-11-5-9-18-7-3-4-10-20(18)21/h1-11H,12-16H2. The number of carbonyl (C=O) groups excluding carboxylic acids is 1. The van der Waals surface area contributed by atoms with Gasteiger partial charge in [0.15, 0.2) is 0 Å². The van der Waals surface area contributed by atoms with Gasteiger partial charge >= 0.3 is 0 Å². The van der Waals surface area contributed by atoms with Crippen molar-refractivity contribution in [3.05, 3.63) is 83.7 Å². The van der Waals surface area contributed by atoms with Crippen molar-refractivity contribution in [2.24, 2.45) is 0 Å². The molecule has 0 saturated carbocycles. The van der Waals surface area contributed by atoms with E-state index in [4.69, 9.17) is 4.52 Å². The van der Waals surface area contributed by atoms with E-state index in [2.05, 4.69) is 46.5 Å². The molecule has 144 valence electrons. The van der Waals surface area contributed by atoms with Crippen LogP contribution in [0.2, 0.25) is 0 Å². The fraction of sp³-hybridized carbons (Fsp3) is 0.208. The van der Waals surface area contributed by atoms with Gasteiger partial charge in [0.25, 0.3) is 0 Å². The number of amides is 1. The SMILES string of the molecule is O=C(CCc1nc(-c2cccc3ccccc23)no1)N1CCc2ccccc2C1. The number of aryl methyl sites for hydroxylation is 1. The minimum atomic E-state index is 0.129. The van der Waals surface area contributed by atoms with E-state index in [0.717, 1.165) is 29.3 Å². The zero-order chi connectivity index (χ0) is 19.6. The molecule has 29 heavy (non-hydrogen) atoms. The molecule has 3 aromatic carbocycles. The summed E-state index contributed by atoms with van der Waals surface area (Å²) in [4.78, 5) is 19.1. The predicted octanol–water partition coefficient (Wildman–Crippen LogP) is 4.41. The third-order valence-electron chi connectivity index (χ3n) is 5.53. The van der Waals surface area contributed by atoms with Gasteiger partial charge in [-0.2, -0.15) is 4.98 Å². The molecule has 0 N–H and O–H groups in total. The lowest BCUT2D eigenvalue weighted by Crippen LogP contribution is -2.36. The third-order valence-corrected chi connectivity index (χ3v) is 5.53. The minimum absolute atomic E-state index is 0.129. The Morgan fingerprint density at radius 1 is 0.966 bits per heavy atom. The number of aromatic nitrogens is 2. The van der Waals surface area contributed by atoms with E-state index in [0.29, 0.717) is 31.1 Å². The summed E-state index contributed by atoms with van der Waals surface area (Å²) in [6.45, 7) is 1.45. The molecule has 0 radical (unpaired) electrons. The van der Waals surface area contributed by atoms with Crippen LogP contribution in [0.1, 0.15) is 23.4 Å². The van der Waals surface area contributed by atoms with Gasteiger partial charge in [-0.3, -0.25) is 4.79 Å². The van der Waals surface area contributed by atoms with E-state index >= 15 is 0 Å². The van der Waals surface area contributed by atoms with Crippen LogP contribution in [0.25, 0.3) is 22.2 Å². The summed E-state index contributed by atoms with van der Waals surface area (Å²) in [6, 6.07) is 22.5. The van der Waals surface area contributed by atoms with Crippen LogP contribution in [0.3, 0.4) is 0 Å². The lowest BCUT2D eigenvalue weighted by molar-refractivity contribution is -0.132. The molecular weight excluding hydrogens is 362 g/mol. The molecule has 1 aliphatic rings. The quantitative estimate of drug-likeness (QED) is 0.524. The van der Waals surface area contributed by atoms with Gasteiger partial charge in [-0.05, 0) is 28.3 Å². The van der Waals surface area contributed by atoms with Gasteiger partial charge in [-0.1, -0.05) is 71.9 Å². The van der Waals surface area contributed by atoms with Crippen LogP contribution in [0, 0.1) is 0 Å². The van der Waals surface area contributed by atoms with E-state index in [1.807, 2.05) is 35.2 Å². The molecule has 1 aromatic heterocycles. The topological polar surface area (TPSA) is 59.2 Å². The smallest absolute Gasteiger partial charge is 0.227 e. The van der Waals surface area contributed by atoms with E-state index in [9.17, 15) is 4.79 Å². The summed E-state index contributed by atoms with van der Waals surface area (Å²) < 4.78 is 5.43. The molecule has 0 fully saturated rings. The van der Waals surface area contributed by atoms with Crippen LogP contribution in [0.5, 0.6) is 0 Å². The average molecular weight is 383 g/mol. The molecule has 0 atom stereocenters. The van der Waals surface area contributed by atoms with Crippen LogP contribution >= 0.6 is 0 Å². The molecule has 5 rings (SSSR count). The number of hydrogen-bond donors (Lipinski definition) is 0. The van der Waals surface area contributed by atoms with E-state index in [-0.39, 0.29) is 5.91 Å². The maximum Gasteiger partial charge on any atom is 0.227 e. The second kappa shape index (κ2) is 7.51. The van der Waals surface area contributed by atoms with Crippen molar-refractivity contribution in [1.82, 2.24) is 15.0 Å². The molecule has 0 aliphatic carbocycles. The first-order valence-electron chi connectivity index (χ1n) is 9.93. The van der Waals surface area contributed by atoms with Crippen molar-refractivity contribution >= 4 is 16.7 Å². The van der Waals surface area contributed by atoms with Crippen molar-refractivity contribution in [3.63, 3.8) is 0 Å². The minimum Gasteiger partial charge on any atom is -0.339 e. The van der Waals surface area contributed by atoms with Gasteiger partial charge in [0.05, 0.1) is 0 Å². The van der Waals surface area contributed by atoms with Crippen molar-refractivity contribution in [1.29, 1.82) is 0 Å². The van der Waals surface area contributed by atoms with Crippen molar-refractivity contribution in [2.75, 3.05) is 6.54 Å². The highest BCUT2D eigenvalue weighted by molar-refractivity contribution is 5.94. The maximum atomic E-state index is 12.7. The average Bonchev–Trinajstić information content (AvgIpc) is 3.25. The van der Waals surface area contributed by atoms with Crippen molar-refractivity contribution in [2.45, 2.75) is 25.8 Å². The Labute approximate surface area is 169 Å². The fourth-order valence-corrected chi connectivity index (χ4v) is 3.97. The van der Waals surface area contributed by atoms with Crippen LogP contribution in [-0.4, -0.2) is 27.5 Å². The van der Waals surface area contributed by atoms with Crippen molar-refractivity contribution in [3.8, 4) is 11.4 Å². The second-order valence-electron chi connectivity index (χ2n) is 7.37. The Morgan fingerprint density at radius 3 is 2.69 bits per heavy atom. The fourth-order valence-electron chi connectivity index (χ4n) is 3.97. The van der Waals surface area contributed by atoms with Crippen molar-refractivity contribution < 1.29 is 9.32 Å².